The van der Waals surface area contributed by atoms with Gasteiger partial charge < -0.3 is 19.6 Å². The third kappa shape index (κ3) is 8.81. The molecule has 0 aromatic rings. The van der Waals surface area contributed by atoms with Crippen molar-refractivity contribution >= 4 is 12.1 Å². The number of aliphatic hydroxyl groups excluding tert-OH is 1. The summed E-state index contributed by atoms with van der Waals surface area (Å²) in [5.41, 5.74) is 0. The lowest BCUT2D eigenvalue weighted by atomic mass is 10.1. The van der Waals surface area contributed by atoms with Crippen LogP contribution in [0.4, 0.5) is 4.79 Å². The van der Waals surface area contributed by atoms with Crippen LogP contribution in [0.25, 0.3) is 0 Å². The first-order valence-electron chi connectivity index (χ1n) is 10.1. The Hall–Kier alpha value is -1.40. The van der Waals surface area contributed by atoms with Gasteiger partial charge in [0.2, 0.25) is 0 Å². The lowest BCUT2D eigenvalue weighted by Crippen LogP contribution is -2.53. The standard InChI is InChI=1S/C20H36N2O4/c1-3-4-5-6-7-8-9-10-13-19(24)26-20(25)21-14-16-22(2)15-11-12-18(22)17-23/h3,18,23H,1,4-17H2,2H3/p+1/t18-,22?/m0/s1. The molecule has 2 atom stereocenters. The Bertz CT molecular complexity index is 442. The normalized spacial score (nSPS) is 22.2. The maximum absolute atomic E-state index is 11.7. The number of ether oxygens (including phenoxy) is 1. The lowest BCUT2D eigenvalue weighted by molar-refractivity contribution is -0.920. The van der Waals surface area contributed by atoms with Gasteiger partial charge in [0.1, 0.15) is 6.04 Å². The number of hydrogen-bond donors (Lipinski definition) is 2. The third-order valence-corrected chi connectivity index (χ3v) is 5.44. The number of likely N-dealkylation sites (N-methyl/N-ethyl adjacent to an activating group) is 1. The van der Waals surface area contributed by atoms with Crippen LogP contribution in [0.5, 0.6) is 0 Å². The Morgan fingerprint density at radius 3 is 2.62 bits per heavy atom. The van der Waals surface area contributed by atoms with Gasteiger partial charge in [-0.3, -0.25) is 4.79 Å². The molecule has 6 heteroatoms. The molecule has 1 fully saturated rings. The molecule has 1 saturated heterocycles. The summed E-state index contributed by atoms with van der Waals surface area (Å²) in [5, 5.41) is 12.1. The lowest BCUT2D eigenvalue weighted by Gasteiger charge is -2.35. The molecule has 0 spiro atoms. The van der Waals surface area contributed by atoms with Crippen LogP contribution < -0.4 is 5.32 Å². The van der Waals surface area contributed by atoms with E-state index in [-0.39, 0.29) is 12.6 Å². The Labute approximate surface area is 158 Å². The number of allylic oxidation sites excluding steroid dienone is 1. The van der Waals surface area contributed by atoms with E-state index in [1.807, 2.05) is 6.08 Å². The van der Waals surface area contributed by atoms with Crippen LogP contribution in [0.1, 0.15) is 64.2 Å². The van der Waals surface area contributed by atoms with E-state index in [1.165, 1.54) is 19.3 Å². The number of hydrogen-bond acceptors (Lipinski definition) is 4. The zero-order valence-corrected chi connectivity index (χ0v) is 16.4. The fourth-order valence-electron chi connectivity index (χ4n) is 3.63. The zero-order chi connectivity index (χ0) is 19.3. The minimum atomic E-state index is -0.661. The number of amides is 1. The summed E-state index contributed by atoms with van der Waals surface area (Å²) in [6.45, 7) is 6.07. The van der Waals surface area contributed by atoms with Crippen LogP contribution in [0.3, 0.4) is 0 Å². The van der Waals surface area contributed by atoms with Crippen molar-refractivity contribution in [2.24, 2.45) is 0 Å². The highest BCUT2D eigenvalue weighted by atomic mass is 16.6. The molecule has 150 valence electrons. The average Bonchev–Trinajstić information content (AvgIpc) is 2.98. The predicted molar refractivity (Wildman–Crippen MR) is 103 cm³/mol. The van der Waals surface area contributed by atoms with Crippen LogP contribution in [0, 0.1) is 0 Å². The van der Waals surface area contributed by atoms with Crippen LogP contribution in [0.15, 0.2) is 12.7 Å². The van der Waals surface area contributed by atoms with Crippen molar-refractivity contribution in [1.29, 1.82) is 0 Å². The van der Waals surface area contributed by atoms with E-state index in [0.29, 0.717) is 13.0 Å². The summed E-state index contributed by atoms with van der Waals surface area (Å²) < 4.78 is 5.57. The molecular weight excluding hydrogens is 332 g/mol. The summed E-state index contributed by atoms with van der Waals surface area (Å²) in [4.78, 5) is 23.4. The summed E-state index contributed by atoms with van der Waals surface area (Å²) in [7, 11) is 2.10. The van der Waals surface area contributed by atoms with Crippen molar-refractivity contribution in [2.75, 3.05) is 33.3 Å². The minimum absolute atomic E-state index is 0.174. The number of quaternary nitrogens is 1. The molecule has 6 nitrogen and oxygen atoms in total. The van der Waals surface area contributed by atoms with Crippen molar-refractivity contribution in [3.63, 3.8) is 0 Å². The second kappa shape index (κ2) is 12.9. The van der Waals surface area contributed by atoms with E-state index in [1.54, 1.807) is 0 Å². The first kappa shape index (κ1) is 22.6. The molecule has 1 aliphatic rings. The number of likely N-dealkylation sites (tertiary alicyclic amines) is 1. The summed E-state index contributed by atoms with van der Waals surface area (Å²) >= 11 is 0. The number of aliphatic hydroxyl groups is 1. The van der Waals surface area contributed by atoms with Crippen LogP contribution in [-0.2, 0) is 9.53 Å². The smallest absolute Gasteiger partial charge is 0.390 e. The Kier molecular flexibility index (Phi) is 11.2. The van der Waals surface area contributed by atoms with Gasteiger partial charge >= 0.3 is 12.1 Å². The van der Waals surface area contributed by atoms with Gasteiger partial charge in [0, 0.05) is 19.3 Å². The molecular formula is C20H37N2O4+. The monoisotopic (exact) mass is 369 g/mol. The Balaban J connectivity index is 2.04. The molecule has 0 aliphatic carbocycles. The van der Waals surface area contributed by atoms with Crippen molar-refractivity contribution in [3.8, 4) is 0 Å². The van der Waals surface area contributed by atoms with E-state index in [9.17, 15) is 14.7 Å². The molecule has 0 saturated carbocycles. The van der Waals surface area contributed by atoms with Gasteiger partial charge in [-0.15, -0.1) is 6.58 Å². The molecule has 1 heterocycles. The van der Waals surface area contributed by atoms with E-state index < -0.39 is 12.1 Å². The molecule has 0 aromatic carbocycles. The van der Waals surface area contributed by atoms with E-state index >= 15 is 0 Å². The van der Waals surface area contributed by atoms with Crippen molar-refractivity contribution in [1.82, 2.24) is 5.32 Å². The Morgan fingerprint density at radius 1 is 1.23 bits per heavy atom. The maximum Gasteiger partial charge on any atom is 0.415 e. The molecule has 1 aliphatic heterocycles. The number of carbonyl (C=O) groups is 2. The number of nitrogens with one attached hydrogen (secondary N) is 1. The van der Waals surface area contributed by atoms with Crippen LogP contribution >= 0.6 is 0 Å². The number of rotatable bonds is 13. The molecule has 0 bridgehead atoms. The first-order valence-corrected chi connectivity index (χ1v) is 10.1. The summed E-state index contributed by atoms with van der Waals surface area (Å²) in [5.74, 6) is -0.455. The molecule has 1 amide bonds. The largest absolute Gasteiger partial charge is 0.415 e. The van der Waals surface area contributed by atoms with Gasteiger partial charge in [-0.25, -0.2) is 4.79 Å². The van der Waals surface area contributed by atoms with Gasteiger partial charge in [-0.1, -0.05) is 31.8 Å². The van der Waals surface area contributed by atoms with Gasteiger partial charge in [0.05, 0.1) is 33.3 Å². The van der Waals surface area contributed by atoms with Crippen molar-refractivity contribution in [3.05, 3.63) is 12.7 Å². The number of unbranched alkanes of at least 4 members (excludes halogenated alkanes) is 6. The highest BCUT2D eigenvalue weighted by Gasteiger charge is 2.36. The molecule has 0 radical (unpaired) electrons. The molecule has 2 N–H and O–H groups in total. The summed E-state index contributed by atoms with van der Waals surface area (Å²) in [6.07, 6.45) is 11.2. The van der Waals surface area contributed by atoms with Crippen LogP contribution in [0.2, 0.25) is 0 Å². The summed E-state index contributed by atoms with van der Waals surface area (Å²) in [6, 6.07) is 0.242. The second-order valence-electron chi connectivity index (χ2n) is 7.54. The second-order valence-corrected chi connectivity index (χ2v) is 7.54. The number of carbonyl (C=O) groups excluding carboxylic acids is 2. The number of esters is 1. The quantitative estimate of drug-likeness (QED) is 0.172. The highest BCUT2D eigenvalue weighted by Crippen LogP contribution is 2.23. The molecule has 1 rings (SSSR count). The Morgan fingerprint density at radius 2 is 1.92 bits per heavy atom. The first-order chi connectivity index (χ1) is 12.5. The van der Waals surface area contributed by atoms with Crippen LogP contribution in [-0.4, -0.2) is 61.0 Å². The third-order valence-electron chi connectivity index (χ3n) is 5.44. The fourth-order valence-corrected chi connectivity index (χ4v) is 3.63. The van der Waals surface area contributed by atoms with Gasteiger partial charge in [-0.05, 0) is 19.3 Å². The maximum atomic E-state index is 11.7. The highest BCUT2D eigenvalue weighted by molar-refractivity contribution is 5.84. The van der Waals surface area contributed by atoms with E-state index in [2.05, 4.69) is 18.9 Å². The number of nitrogens with zero attached hydrogens (tertiary/aromatic N) is 1. The molecule has 1 unspecified atom stereocenters. The zero-order valence-electron chi connectivity index (χ0n) is 16.4. The average molecular weight is 370 g/mol. The van der Waals surface area contributed by atoms with Gasteiger partial charge in [-0.2, -0.15) is 0 Å². The van der Waals surface area contributed by atoms with Gasteiger partial charge in [0.15, 0.2) is 0 Å². The van der Waals surface area contributed by atoms with Crippen molar-refractivity contribution in [2.45, 2.75) is 70.3 Å². The van der Waals surface area contributed by atoms with Crippen molar-refractivity contribution < 1.29 is 23.9 Å². The van der Waals surface area contributed by atoms with E-state index in [4.69, 9.17) is 4.74 Å². The topological polar surface area (TPSA) is 75.6 Å². The van der Waals surface area contributed by atoms with Gasteiger partial charge in [0.25, 0.3) is 0 Å². The predicted octanol–water partition coefficient (Wildman–Crippen LogP) is 3.15. The fraction of sp³-hybridized carbons (Fsp3) is 0.800. The molecule has 0 aromatic heterocycles. The van der Waals surface area contributed by atoms with E-state index in [0.717, 1.165) is 56.1 Å². The number of alkyl carbamates (subject to hydrolysis) is 1. The minimum Gasteiger partial charge on any atom is -0.390 e. The SMILES string of the molecule is C=CCCCCCCCCC(=O)OC(=O)NCC[N+]1(C)CCC[C@H]1CO. The molecule has 26 heavy (non-hydrogen) atoms.